The van der Waals surface area contributed by atoms with Crippen LogP contribution in [0.1, 0.15) is 24.4 Å². The number of para-hydroxylation sites is 2. The highest BCUT2D eigenvalue weighted by molar-refractivity contribution is 7.19. The summed E-state index contributed by atoms with van der Waals surface area (Å²) in [6, 6.07) is 28.2. The molecule has 0 bridgehead atoms. The van der Waals surface area contributed by atoms with Crippen LogP contribution in [0.3, 0.4) is 0 Å². The number of allylic oxidation sites excluding steroid dienone is 1. The molecule has 0 N–H and O–H groups in total. The molecule has 0 aliphatic carbocycles. The van der Waals surface area contributed by atoms with E-state index in [9.17, 15) is 5.26 Å². The Bertz CT molecular complexity index is 1490. The smallest absolute Gasteiger partial charge is 0.135 e. The van der Waals surface area contributed by atoms with E-state index in [1.807, 2.05) is 95.8 Å². The first kappa shape index (κ1) is 22.6. The van der Waals surface area contributed by atoms with Crippen molar-refractivity contribution in [2.45, 2.75) is 13.8 Å². The van der Waals surface area contributed by atoms with Crippen LogP contribution in [0.2, 0.25) is 0 Å². The maximum absolute atomic E-state index is 10.00. The molecule has 0 aliphatic rings. The number of fused-ring (bicyclic) bond motifs is 1. The molecule has 172 valence electrons. The standard InChI is InChI=1S/C29H24N4OS/c1-20(2)19-34-25-14-12-21(13-15-25)28-23(18-33(32-28)24-8-4-3-5-9-24)16-22(17-30)29-31-26-10-6-7-11-27(26)35-29/h3-16,18,20H,19H2,1-2H3. The summed E-state index contributed by atoms with van der Waals surface area (Å²) in [4.78, 5) is 4.68. The molecule has 0 saturated heterocycles. The van der Waals surface area contributed by atoms with Gasteiger partial charge in [0.25, 0.3) is 0 Å². The van der Waals surface area contributed by atoms with Crippen molar-refractivity contribution in [3.05, 3.63) is 95.6 Å². The highest BCUT2D eigenvalue weighted by Crippen LogP contribution is 2.32. The van der Waals surface area contributed by atoms with Gasteiger partial charge in [0.15, 0.2) is 0 Å². The van der Waals surface area contributed by atoms with Crippen LogP contribution in [0, 0.1) is 17.2 Å². The second kappa shape index (κ2) is 9.96. The van der Waals surface area contributed by atoms with Gasteiger partial charge in [-0.15, -0.1) is 11.3 Å². The number of nitriles is 1. The summed E-state index contributed by atoms with van der Waals surface area (Å²) in [6.45, 7) is 4.92. The summed E-state index contributed by atoms with van der Waals surface area (Å²) in [6.07, 6.45) is 3.83. The average Bonchev–Trinajstić information content (AvgIpc) is 3.51. The van der Waals surface area contributed by atoms with Crippen LogP contribution in [-0.2, 0) is 0 Å². The predicted molar refractivity (Wildman–Crippen MR) is 142 cm³/mol. The van der Waals surface area contributed by atoms with Crippen LogP contribution >= 0.6 is 11.3 Å². The maximum Gasteiger partial charge on any atom is 0.135 e. The van der Waals surface area contributed by atoms with Gasteiger partial charge in [-0.3, -0.25) is 0 Å². The number of nitrogens with zero attached hydrogens (tertiary/aromatic N) is 4. The Balaban J connectivity index is 1.57. The zero-order valence-electron chi connectivity index (χ0n) is 19.6. The number of thiazole rings is 1. The minimum Gasteiger partial charge on any atom is -0.493 e. The van der Waals surface area contributed by atoms with Crippen molar-refractivity contribution in [3.63, 3.8) is 0 Å². The molecule has 5 rings (SSSR count). The summed E-state index contributed by atoms with van der Waals surface area (Å²) in [5, 5.41) is 15.6. The van der Waals surface area contributed by atoms with Crippen LogP contribution in [0.15, 0.2) is 85.1 Å². The molecule has 0 radical (unpaired) electrons. The summed E-state index contributed by atoms with van der Waals surface area (Å²) in [7, 11) is 0. The summed E-state index contributed by atoms with van der Waals surface area (Å²) in [5.41, 5.74) is 4.94. The SMILES string of the molecule is CC(C)COc1ccc(-c2nn(-c3ccccc3)cc2C=C(C#N)c2nc3ccccc3s2)cc1. The van der Waals surface area contributed by atoms with Gasteiger partial charge in [0, 0.05) is 17.3 Å². The Morgan fingerprint density at radius 2 is 1.77 bits per heavy atom. The van der Waals surface area contributed by atoms with Gasteiger partial charge in [0.05, 0.1) is 33.8 Å². The second-order valence-corrected chi connectivity index (χ2v) is 9.63. The molecule has 35 heavy (non-hydrogen) atoms. The molecular weight excluding hydrogens is 452 g/mol. The first-order valence-electron chi connectivity index (χ1n) is 11.5. The van der Waals surface area contributed by atoms with Gasteiger partial charge in [0.1, 0.15) is 16.8 Å². The van der Waals surface area contributed by atoms with E-state index in [1.165, 1.54) is 11.3 Å². The van der Waals surface area contributed by atoms with E-state index in [4.69, 9.17) is 9.84 Å². The van der Waals surface area contributed by atoms with Crippen LogP contribution in [0.4, 0.5) is 0 Å². The molecule has 0 amide bonds. The van der Waals surface area contributed by atoms with Gasteiger partial charge in [-0.1, -0.05) is 44.2 Å². The first-order valence-corrected chi connectivity index (χ1v) is 12.3. The predicted octanol–water partition coefficient (Wildman–Crippen LogP) is 7.25. The highest BCUT2D eigenvalue weighted by atomic mass is 32.1. The minimum absolute atomic E-state index is 0.458. The van der Waals surface area contributed by atoms with Crippen molar-refractivity contribution in [2.24, 2.45) is 5.92 Å². The van der Waals surface area contributed by atoms with Crippen LogP contribution in [0.25, 0.3) is 38.8 Å². The number of aromatic nitrogens is 3. The van der Waals surface area contributed by atoms with E-state index in [1.54, 1.807) is 0 Å². The molecule has 0 atom stereocenters. The molecule has 0 aliphatic heterocycles. The molecular formula is C29H24N4OS. The van der Waals surface area contributed by atoms with Crippen molar-refractivity contribution in [2.75, 3.05) is 6.61 Å². The molecule has 0 saturated carbocycles. The largest absolute Gasteiger partial charge is 0.493 e. The van der Waals surface area contributed by atoms with Crippen molar-refractivity contribution in [3.8, 4) is 28.8 Å². The van der Waals surface area contributed by atoms with Gasteiger partial charge < -0.3 is 4.74 Å². The third kappa shape index (κ3) is 5.01. The molecule has 0 fully saturated rings. The number of hydrogen-bond donors (Lipinski definition) is 0. The number of benzene rings is 3. The third-order valence-corrected chi connectivity index (χ3v) is 6.49. The first-order chi connectivity index (χ1) is 17.1. The fourth-order valence-electron chi connectivity index (χ4n) is 3.69. The van der Waals surface area contributed by atoms with Gasteiger partial charge >= 0.3 is 0 Å². The van der Waals surface area contributed by atoms with Crippen molar-refractivity contribution < 1.29 is 4.74 Å². The topological polar surface area (TPSA) is 63.7 Å². The van der Waals surface area contributed by atoms with Crippen LogP contribution in [-0.4, -0.2) is 21.4 Å². The van der Waals surface area contributed by atoms with Crippen molar-refractivity contribution in [1.29, 1.82) is 5.26 Å². The fraction of sp³-hybridized carbons (Fsp3) is 0.138. The molecule has 5 nitrogen and oxygen atoms in total. The fourth-order valence-corrected chi connectivity index (χ4v) is 4.62. The molecule has 6 heteroatoms. The Hall–Kier alpha value is -4.21. The highest BCUT2D eigenvalue weighted by Gasteiger charge is 2.15. The number of ether oxygens (including phenoxy) is 1. The second-order valence-electron chi connectivity index (χ2n) is 8.60. The monoisotopic (exact) mass is 476 g/mol. The number of rotatable bonds is 7. The molecule has 2 heterocycles. The van der Waals surface area contributed by atoms with Crippen molar-refractivity contribution in [1.82, 2.24) is 14.8 Å². The van der Waals surface area contributed by atoms with Gasteiger partial charge in [-0.2, -0.15) is 10.4 Å². The quantitative estimate of drug-likeness (QED) is 0.232. The third-order valence-electron chi connectivity index (χ3n) is 5.42. The Labute approximate surface area is 208 Å². The Morgan fingerprint density at radius 3 is 2.49 bits per heavy atom. The average molecular weight is 477 g/mol. The summed E-state index contributed by atoms with van der Waals surface area (Å²) < 4.78 is 8.75. The normalized spacial score (nSPS) is 11.7. The Morgan fingerprint density at radius 1 is 1.03 bits per heavy atom. The van der Waals surface area contributed by atoms with E-state index >= 15 is 0 Å². The van der Waals surface area contributed by atoms with E-state index in [2.05, 4.69) is 24.9 Å². The maximum atomic E-state index is 10.00. The van der Waals surface area contributed by atoms with Gasteiger partial charge in [0.2, 0.25) is 0 Å². The van der Waals surface area contributed by atoms with Crippen LogP contribution < -0.4 is 4.74 Å². The van der Waals surface area contributed by atoms with Crippen LogP contribution in [0.5, 0.6) is 5.75 Å². The summed E-state index contributed by atoms with van der Waals surface area (Å²) in [5.74, 6) is 1.29. The van der Waals surface area contributed by atoms with E-state index < -0.39 is 0 Å². The lowest BCUT2D eigenvalue weighted by Gasteiger charge is -2.09. The minimum atomic E-state index is 0.458. The lowest BCUT2D eigenvalue weighted by molar-refractivity contribution is 0.271. The molecule has 0 spiro atoms. The summed E-state index contributed by atoms with van der Waals surface area (Å²) >= 11 is 1.52. The zero-order valence-corrected chi connectivity index (χ0v) is 20.4. The lowest BCUT2D eigenvalue weighted by Crippen LogP contribution is -2.04. The molecule has 0 unspecified atom stereocenters. The zero-order chi connectivity index (χ0) is 24.2. The molecule has 2 aromatic heterocycles. The van der Waals surface area contributed by atoms with E-state index in [-0.39, 0.29) is 0 Å². The molecule has 5 aromatic rings. The Kier molecular flexibility index (Phi) is 6.42. The van der Waals surface area contributed by atoms with E-state index in [0.29, 0.717) is 23.1 Å². The van der Waals surface area contributed by atoms with Gasteiger partial charge in [-0.05, 0) is 60.5 Å². The number of hydrogen-bond acceptors (Lipinski definition) is 5. The van der Waals surface area contributed by atoms with Gasteiger partial charge in [-0.25, -0.2) is 9.67 Å². The van der Waals surface area contributed by atoms with Crippen molar-refractivity contribution >= 4 is 33.2 Å². The molecule has 3 aromatic carbocycles. The lowest BCUT2D eigenvalue weighted by atomic mass is 10.1. The van der Waals surface area contributed by atoms with E-state index in [0.717, 1.165) is 38.5 Å².